The zero-order valence-corrected chi connectivity index (χ0v) is 13.2. The van der Waals surface area contributed by atoms with E-state index < -0.39 is 0 Å². The van der Waals surface area contributed by atoms with E-state index >= 15 is 0 Å². The van der Waals surface area contributed by atoms with Crippen molar-refractivity contribution < 1.29 is 9.47 Å². The summed E-state index contributed by atoms with van der Waals surface area (Å²) in [6.07, 6.45) is 3.31. The Morgan fingerprint density at radius 1 is 1.26 bits per heavy atom. The summed E-state index contributed by atoms with van der Waals surface area (Å²) in [6, 6.07) is 7.72. The topological polar surface area (TPSA) is 83.2 Å². The Labute approximate surface area is 134 Å². The lowest BCUT2D eigenvalue weighted by atomic mass is 10.0. The molecule has 124 valence electrons. The number of methoxy groups -OCH3 is 1. The maximum atomic E-state index is 11.3. The van der Waals surface area contributed by atoms with E-state index in [1.807, 2.05) is 24.3 Å². The normalized spacial score (nSPS) is 18.7. The van der Waals surface area contributed by atoms with Gasteiger partial charge in [-0.1, -0.05) is 6.42 Å². The van der Waals surface area contributed by atoms with Gasteiger partial charge in [-0.05, 0) is 43.7 Å². The Morgan fingerprint density at radius 2 is 2.04 bits per heavy atom. The molecule has 1 aliphatic rings. The van der Waals surface area contributed by atoms with Crippen molar-refractivity contribution in [1.29, 1.82) is 0 Å². The van der Waals surface area contributed by atoms with Gasteiger partial charge in [0.05, 0.1) is 13.2 Å². The van der Waals surface area contributed by atoms with Gasteiger partial charge in [-0.15, -0.1) is 0 Å². The zero-order chi connectivity index (χ0) is 16.1. The lowest BCUT2D eigenvalue weighted by molar-refractivity contribution is 0.118. The van der Waals surface area contributed by atoms with E-state index in [2.05, 4.69) is 20.1 Å². The number of nitrogens with one attached hydrogen (secondary N) is 2. The number of H-pyrrole nitrogens is 2. The van der Waals surface area contributed by atoms with Crippen molar-refractivity contribution in [2.45, 2.75) is 25.3 Å². The van der Waals surface area contributed by atoms with Crippen molar-refractivity contribution >= 4 is 0 Å². The van der Waals surface area contributed by atoms with E-state index in [0.29, 0.717) is 6.61 Å². The number of rotatable bonds is 6. The third-order valence-electron chi connectivity index (χ3n) is 4.16. The van der Waals surface area contributed by atoms with Crippen molar-refractivity contribution in [3.05, 3.63) is 40.6 Å². The van der Waals surface area contributed by atoms with E-state index in [-0.39, 0.29) is 11.7 Å². The Kier molecular flexibility index (Phi) is 4.97. The predicted molar refractivity (Wildman–Crippen MR) is 85.9 cm³/mol. The first-order chi connectivity index (χ1) is 11.3. The second-order valence-electron chi connectivity index (χ2n) is 5.63. The van der Waals surface area contributed by atoms with Crippen molar-refractivity contribution in [3.8, 4) is 11.5 Å². The van der Waals surface area contributed by atoms with Crippen molar-refractivity contribution in [2.24, 2.45) is 0 Å². The maximum Gasteiger partial charge on any atom is 0.340 e. The van der Waals surface area contributed by atoms with E-state index in [1.54, 1.807) is 7.11 Å². The van der Waals surface area contributed by atoms with Gasteiger partial charge < -0.3 is 9.47 Å². The highest BCUT2D eigenvalue weighted by atomic mass is 16.5. The summed E-state index contributed by atoms with van der Waals surface area (Å²) in [7, 11) is 1.64. The fourth-order valence-electron chi connectivity index (χ4n) is 2.96. The molecule has 0 unspecified atom stereocenters. The Hall–Kier alpha value is -2.28. The van der Waals surface area contributed by atoms with Crippen molar-refractivity contribution in [2.75, 3.05) is 26.8 Å². The molecule has 0 spiro atoms. The molecule has 1 aromatic heterocycles. The maximum absolute atomic E-state index is 11.3. The average molecular weight is 318 g/mol. The highest BCUT2D eigenvalue weighted by Gasteiger charge is 2.26. The van der Waals surface area contributed by atoms with Gasteiger partial charge in [-0.3, -0.25) is 9.88 Å². The molecule has 0 aliphatic carbocycles. The second kappa shape index (κ2) is 7.32. The number of benzene rings is 1. The molecule has 2 aromatic rings. The molecular weight excluding hydrogens is 296 g/mol. The smallest absolute Gasteiger partial charge is 0.340 e. The number of hydrogen-bond acceptors (Lipinski definition) is 5. The van der Waals surface area contributed by atoms with Gasteiger partial charge in [-0.25, -0.2) is 9.89 Å². The summed E-state index contributed by atoms with van der Waals surface area (Å²) in [5.74, 6) is 2.36. The highest BCUT2D eigenvalue weighted by Crippen LogP contribution is 2.27. The molecule has 1 fully saturated rings. The van der Waals surface area contributed by atoms with Crippen LogP contribution in [0.3, 0.4) is 0 Å². The first-order valence-corrected chi connectivity index (χ1v) is 7.92. The van der Waals surface area contributed by atoms with Crippen LogP contribution >= 0.6 is 0 Å². The Balaban J connectivity index is 1.55. The Morgan fingerprint density at radius 3 is 2.74 bits per heavy atom. The van der Waals surface area contributed by atoms with E-state index in [4.69, 9.17) is 9.47 Å². The molecule has 7 nitrogen and oxygen atoms in total. The fraction of sp³-hybridized carbons (Fsp3) is 0.500. The molecule has 3 rings (SSSR count). The molecule has 2 heterocycles. The lowest BCUT2D eigenvalue weighted by Gasteiger charge is -2.33. The van der Waals surface area contributed by atoms with Crippen LogP contribution in [0.5, 0.6) is 11.5 Å². The number of piperidine rings is 1. The van der Waals surface area contributed by atoms with Crippen molar-refractivity contribution in [1.82, 2.24) is 20.1 Å². The number of ether oxygens (including phenoxy) is 2. The first kappa shape index (κ1) is 15.6. The fourth-order valence-corrected chi connectivity index (χ4v) is 2.96. The molecule has 23 heavy (non-hydrogen) atoms. The molecule has 1 atom stereocenters. The van der Waals surface area contributed by atoms with Crippen LogP contribution < -0.4 is 15.2 Å². The van der Waals surface area contributed by atoms with Crippen LogP contribution in [0.1, 0.15) is 31.1 Å². The molecule has 1 saturated heterocycles. The van der Waals surface area contributed by atoms with E-state index in [1.165, 1.54) is 0 Å². The molecule has 0 bridgehead atoms. The monoisotopic (exact) mass is 318 g/mol. The number of aromatic nitrogens is 3. The zero-order valence-electron chi connectivity index (χ0n) is 13.2. The standard InChI is InChI=1S/C16H22N4O3/c1-22-12-5-7-13(8-6-12)23-11-10-20-9-3-2-4-14(20)15-17-16(21)19-18-15/h5-8,14H,2-4,9-11H2,1H3,(H2,17,18,19,21)/t14-/m1/s1. The minimum absolute atomic E-state index is 0.155. The molecule has 0 saturated carbocycles. The van der Waals surface area contributed by atoms with Gasteiger partial charge in [-0.2, -0.15) is 5.10 Å². The first-order valence-electron chi connectivity index (χ1n) is 7.92. The Bertz CT molecular complexity index is 664. The van der Waals surface area contributed by atoms with Crippen LogP contribution in [0.4, 0.5) is 0 Å². The number of nitrogens with zero attached hydrogens (tertiary/aromatic N) is 2. The molecule has 2 N–H and O–H groups in total. The summed E-state index contributed by atoms with van der Waals surface area (Å²) < 4.78 is 10.9. The van der Waals surface area contributed by atoms with Crippen LogP contribution in [-0.4, -0.2) is 46.9 Å². The van der Waals surface area contributed by atoms with Gasteiger partial charge in [0.25, 0.3) is 0 Å². The quantitative estimate of drug-likeness (QED) is 0.847. The number of likely N-dealkylation sites (tertiary alicyclic amines) is 1. The molecule has 7 heteroatoms. The van der Waals surface area contributed by atoms with Gasteiger partial charge >= 0.3 is 5.69 Å². The third kappa shape index (κ3) is 3.92. The van der Waals surface area contributed by atoms with Crippen molar-refractivity contribution in [3.63, 3.8) is 0 Å². The lowest BCUT2D eigenvalue weighted by Crippen LogP contribution is -2.37. The van der Waals surface area contributed by atoms with E-state index in [9.17, 15) is 4.79 Å². The number of aromatic amines is 2. The SMILES string of the molecule is COc1ccc(OCCN2CCCC[C@@H]2c2n[nH]c(=O)[nH]2)cc1. The summed E-state index contributed by atoms with van der Waals surface area (Å²) in [4.78, 5) is 16.4. The van der Waals surface area contributed by atoms with Gasteiger partial charge in [0.1, 0.15) is 23.9 Å². The minimum atomic E-state index is -0.250. The number of hydrogen-bond donors (Lipinski definition) is 2. The molecule has 1 aliphatic heterocycles. The second-order valence-corrected chi connectivity index (χ2v) is 5.63. The molecule has 1 aromatic carbocycles. The van der Waals surface area contributed by atoms with Crippen LogP contribution in [0.25, 0.3) is 0 Å². The summed E-state index contributed by atoms with van der Waals surface area (Å²) >= 11 is 0. The van der Waals surface area contributed by atoms with E-state index in [0.717, 1.165) is 49.7 Å². The highest BCUT2D eigenvalue weighted by molar-refractivity contribution is 5.31. The molecule has 0 radical (unpaired) electrons. The minimum Gasteiger partial charge on any atom is -0.497 e. The summed E-state index contributed by atoms with van der Waals surface area (Å²) in [6.45, 7) is 2.38. The van der Waals surface area contributed by atoms with Gasteiger partial charge in [0, 0.05) is 6.54 Å². The van der Waals surface area contributed by atoms with Crippen LogP contribution in [0, 0.1) is 0 Å². The van der Waals surface area contributed by atoms with Crippen LogP contribution in [0.2, 0.25) is 0 Å². The third-order valence-corrected chi connectivity index (χ3v) is 4.16. The van der Waals surface area contributed by atoms with Gasteiger partial charge in [0.2, 0.25) is 0 Å². The molecule has 0 amide bonds. The van der Waals surface area contributed by atoms with Gasteiger partial charge in [0.15, 0.2) is 0 Å². The predicted octanol–water partition coefficient (Wildman–Crippen LogP) is 1.71. The average Bonchev–Trinajstić information content (AvgIpc) is 3.02. The largest absolute Gasteiger partial charge is 0.497 e. The summed E-state index contributed by atoms with van der Waals surface area (Å²) in [5.41, 5.74) is -0.250. The molecular formula is C16H22N4O3. The van der Waals surface area contributed by atoms with Crippen LogP contribution in [0.15, 0.2) is 29.1 Å². The summed E-state index contributed by atoms with van der Waals surface area (Å²) in [5, 5.41) is 6.53. The van der Waals surface area contributed by atoms with Crippen LogP contribution in [-0.2, 0) is 0 Å².